The quantitative estimate of drug-likeness (QED) is 0.0216. The average Bonchev–Trinajstić information content (AvgIpc) is 3.20. The lowest BCUT2D eigenvalue weighted by Gasteiger charge is -2.20. The van der Waals surface area contributed by atoms with Crippen LogP contribution < -0.4 is 16.0 Å². The number of rotatable bonds is 24. The van der Waals surface area contributed by atoms with Crippen LogP contribution in [0.25, 0.3) is 0 Å². The predicted molar refractivity (Wildman–Crippen MR) is 260 cm³/mol. The number of aliphatic hydroxyl groups excluding tert-OH is 2. The molecule has 0 fully saturated rings. The first-order valence-corrected chi connectivity index (χ1v) is 23.2. The van der Waals surface area contributed by atoms with Gasteiger partial charge >= 0.3 is 22.3 Å². The van der Waals surface area contributed by atoms with Crippen molar-refractivity contribution in [3.05, 3.63) is 97.1 Å². The molecule has 0 amide bonds. The number of unbranched alkanes of at least 4 members (excludes halogenated alkanes) is 4. The summed E-state index contributed by atoms with van der Waals surface area (Å²) in [6.07, 6.45) is 9.95. The maximum Gasteiger partial charge on any atom is 0.394 e. The number of hydrogen-bond acceptors (Lipinski definition) is 12. The molecule has 0 aromatic heterocycles. The van der Waals surface area contributed by atoms with Gasteiger partial charge in [-0.3, -0.25) is 9.11 Å². The van der Waals surface area contributed by atoms with E-state index in [2.05, 4.69) is 104 Å². The van der Waals surface area contributed by atoms with E-state index < -0.39 is 16.4 Å². The Hall–Kier alpha value is -3.55. The molecule has 0 bridgehead atoms. The zero-order chi connectivity index (χ0) is 49.8. The number of benzene rings is 2. The first-order chi connectivity index (χ1) is 29.8. The summed E-state index contributed by atoms with van der Waals surface area (Å²) < 4.78 is 47.5. The van der Waals surface area contributed by atoms with Gasteiger partial charge in [0.1, 0.15) is 0 Å². The number of ether oxygens (including phenoxy) is 3. The second-order valence-corrected chi connectivity index (χ2v) is 18.1. The summed E-state index contributed by atoms with van der Waals surface area (Å²) in [5, 5.41) is 34.8. The Morgan fingerprint density at radius 2 is 0.859 bits per heavy atom. The molecule has 0 atom stereocenters. The number of esters is 1. The van der Waals surface area contributed by atoms with Crippen LogP contribution in [0.3, 0.4) is 0 Å². The fourth-order valence-corrected chi connectivity index (χ4v) is 4.26. The Bertz CT molecular complexity index is 1470. The van der Waals surface area contributed by atoms with Crippen molar-refractivity contribution in [3.8, 4) is 0 Å². The average molecular weight is 930 g/mol. The standard InChI is InChI=1S/C15H25NO.C11H21NO2.C11H16O2.C8H19NO.C3H4O2.H2O4S/c1-15(2,3)16-11-7-8-12-17-13-14-9-5-4-6-10-14;1-5-10(13)14-9-7-6-8-12-11(2,3)4;12-8-4-5-9-13-10-11-6-2-1-3-7-11;1-8(2,3)9-6-4-5-7-10;1-2-3(4)5;1-5(2,3)4/h4-6,9-10,16H,7-8,11-13H2,1-3H3;5,12H,1,6-9H2,2-4H3;1-3,6-7,12H,4-5,8-10H2;9-10H,4-7H2,1-3H3;2H,1H2,(H,4,5);(H2,1,2,3,4). The Morgan fingerprint density at radius 1 is 0.562 bits per heavy atom. The molecule has 372 valence electrons. The lowest BCUT2D eigenvalue weighted by atomic mass is 10.1. The highest BCUT2D eigenvalue weighted by molar-refractivity contribution is 7.79. The summed E-state index contributed by atoms with van der Waals surface area (Å²) >= 11 is 0. The molecule has 8 N–H and O–H groups in total. The Balaban J connectivity index is -0.000000354. The molecule has 64 heavy (non-hydrogen) atoms. The van der Waals surface area contributed by atoms with Gasteiger partial charge in [-0.1, -0.05) is 73.8 Å². The molecular weight excluding hydrogens is 843 g/mol. The number of nitrogens with one attached hydrogen (secondary N) is 3. The lowest BCUT2D eigenvalue weighted by Crippen LogP contribution is -2.36. The van der Waals surface area contributed by atoms with E-state index in [-0.39, 0.29) is 29.2 Å². The van der Waals surface area contributed by atoms with Gasteiger partial charge in [-0.25, -0.2) is 9.59 Å². The third-order valence-corrected chi connectivity index (χ3v) is 7.34. The zero-order valence-electron chi connectivity index (χ0n) is 40.6. The van der Waals surface area contributed by atoms with Crippen LogP contribution in [0.15, 0.2) is 86.0 Å². The number of hydrogen-bond donors (Lipinski definition) is 8. The van der Waals surface area contributed by atoms with Gasteiger partial charge in [-0.15, -0.1) is 0 Å². The molecule has 0 heterocycles. The van der Waals surface area contributed by atoms with Gasteiger partial charge < -0.3 is 45.5 Å². The van der Waals surface area contributed by atoms with E-state index >= 15 is 0 Å². The summed E-state index contributed by atoms with van der Waals surface area (Å²) in [5.74, 6) is -1.32. The third-order valence-electron chi connectivity index (χ3n) is 7.34. The van der Waals surface area contributed by atoms with Gasteiger partial charge in [0.05, 0.1) is 19.8 Å². The molecule has 0 saturated carbocycles. The molecule has 2 aromatic carbocycles. The fourth-order valence-electron chi connectivity index (χ4n) is 4.26. The van der Waals surface area contributed by atoms with Gasteiger partial charge in [0.2, 0.25) is 0 Å². The summed E-state index contributed by atoms with van der Waals surface area (Å²) in [6, 6.07) is 20.4. The van der Waals surface area contributed by atoms with Crippen molar-refractivity contribution in [3.63, 3.8) is 0 Å². The highest BCUT2D eigenvalue weighted by atomic mass is 32.3. The van der Waals surface area contributed by atoms with E-state index in [0.29, 0.717) is 19.8 Å². The smallest absolute Gasteiger partial charge is 0.394 e. The summed E-state index contributed by atoms with van der Waals surface area (Å²) in [4.78, 5) is 19.9. The van der Waals surface area contributed by atoms with Crippen LogP contribution in [0, 0.1) is 0 Å². The molecule has 2 rings (SSSR count). The minimum Gasteiger partial charge on any atom is -0.478 e. The summed E-state index contributed by atoms with van der Waals surface area (Å²) in [6.45, 7) is 32.7. The number of carbonyl (C=O) groups excluding carboxylic acids is 1. The Kier molecular flexibility index (Phi) is 45.4. The molecule has 0 radical (unpaired) electrons. The minimum atomic E-state index is -4.67. The molecule has 0 saturated heterocycles. The molecule has 16 heteroatoms. The first-order valence-electron chi connectivity index (χ1n) is 21.8. The third kappa shape index (κ3) is 72.9. The lowest BCUT2D eigenvalue weighted by molar-refractivity contribution is -0.138. The number of aliphatic hydroxyl groups is 2. The number of carbonyl (C=O) groups is 2. The Morgan fingerprint density at radius 3 is 1.16 bits per heavy atom. The maximum absolute atomic E-state index is 10.6. The van der Waals surface area contributed by atoms with Crippen LogP contribution in [0.2, 0.25) is 0 Å². The van der Waals surface area contributed by atoms with Gasteiger partial charge in [0, 0.05) is 55.2 Å². The minimum absolute atomic E-state index is 0.164. The SMILES string of the molecule is C=CC(=O)O.C=CC(=O)OCCCCNC(C)(C)C.CC(C)(C)NCCCCO.CC(C)(C)NCCCCOCc1ccccc1.O=S(=O)(O)O.OCCCCOCc1ccccc1. The topological polar surface area (TPSA) is 233 Å². The zero-order valence-corrected chi connectivity index (χ0v) is 41.4. The van der Waals surface area contributed by atoms with E-state index in [1.807, 2.05) is 48.5 Å². The molecule has 2 aromatic rings. The largest absolute Gasteiger partial charge is 0.478 e. The van der Waals surface area contributed by atoms with Crippen LogP contribution in [-0.4, -0.2) is 114 Å². The van der Waals surface area contributed by atoms with Crippen LogP contribution in [0.4, 0.5) is 0 Å². The van der Waals surface area contributed by atoms with Crippen molar-refractivity contribution in [2.75, 3.05) is 52.7 Å². The predicted octanol–water partition coefficient (Wildman–Crippen LogP) is 7.98. The number of carboxylic acids is 1. The first kappa shape index (κ1) is 67.0. The highest BCUT2D eigenvalue weighted by Gasteiger charge is 2.08. The van der Waals surface area contributed by atoms with E-state index in [9.17, 15) is 9.59 Å². The normalized spacial score (nSPS) is 10.9. The Labute approximate surface area is 387 Å². The van der Waals surface area contributed by atoms with Crippen molar-refractivity contribution in [2.45, 2.75) is 144 Å². The van der Waals surface area contributed by atoms with E-state index in [4.69, 9.17) is 47.1 Å². The van der Waals surface area contributed by atoms with Gasteiger partial charge in [-0.2, -0.15) is 8.42 Å². The van der Waals surface area contributed by atoms with Gasteiger partial charge in [0.25, 0.3) is 0 Å². The molecule has 0 aliphatic heterocycles. The molecular formula is C48H87N3O12S. The molecule has 0 aliphatic carbocycles. The second-order valence-electron chi connectivity index (χ2n) is 17.2. The maximum atomic E-state index is 10.6. The van der Waals surface area contributed by atoms with Gasteiger partial charge in [-0.05, 0) is 144 Å². The van der Waals surface area contributed by atoms with Crippen molar-refractivity contribution in [1.29, 1.82) is 0 Å². The summed E-state index contributed by atoms with van der Waals surface area (Å²) in [5.41, 5.74) is 3.06. The van der Waals surface area contributed by atoms with Crippen LogP contribution in [-0.2, 0) is 47.4 Å². The second kappa shape index (κ2) is 43.3. The molecule has 0 unspecified atom stereocenters. The number of aliphatic carboxylic acids is 1. The van der Waals surface area contributed by atoms with Crippen LogP contribution in [0.1, 0.15) is 125 Å². The van der Waals surface area contributed by atoms with E-state index in [0.717, 1.165) is 90.5 Å². The van der Waals surface area contributed by atoms with E-state index in [1.165, 1.54) is 23.6 Å². The van der Waals surface area contributed by atoms with Crippen molar-refractivity contribution < 1.29 is 56.6 Å². The van der Waals surface area contributed by atoms with Crippen LogP contribution >= 0.6 is 0 Å². The van der Waals surface area contributed by atoms with Crippen molar-refractivity contribution >= 4 is 22.3 Å². The monoisotopic (exact) mass is 930 g/mol. The fraction of sp³-hybridized carbons (Fsp3) is 0.625. The van der Waals surface area contributed by atoms with Crippen molar-refractivity contribution in [2.24, 2.45) is 0 Å². The highest BCUT2D eigenvalue weighted by Crippen LogP contribution is 2.04. The number of carboxylic acid groups (broad SMARTS) is 1. The van der Waals surface area contributed by atoms with E-state index in [1.54, 1.807) is 0 Å². The van der Waals surface area contributed by atoms with Gasteiger partial charge in [0.15, 0.2) is 0 Å². The molecule has 0 spiro atoms. The molecule has 0 aliphatic rings. The molecule has 15 nitrogen and oxygen atoms in total. The van der Waals surface area contributed by atoms with Crippen LogP contribution in [0.5, 0.6) is 0 Å². The van der Waals surface area contributed by atoms with Crippen molar-refractivity contribution in [1.82, 2.24) is 16.0 Å². The summed E-state index contributed by atoms with van der Waals surface area (Å²) in [7, 11) is -4.67.